The summed E-state index contributed by atoms with van der Waals surface area (Å²) in [5.41, 5.74) is 2.52. The van der Waals surface area contributed by atoms with Crippen LogP contribution in [0.2, 0.25) is 0 Å². The summed E-state index contributed by atoms with van der Waals surface area (Å²) in [6.07, 6.45) is 0. The molecule has 0 heterocycles. The Bertz CT molecular complexity index is 833. The van der Waals surface area contributed by atoms with E-state index in [1.807, 2.05) is 19.9 Å². The van der Waals surface area contributed by atoms with Crippen molar-refractivity contribution in [2.24, 2.45) is 0 Å². The highest BCUT2D eigenvalue weighted by Crippen LogP contribution is 2.24. The number of esters is 1. The Hall–Kier alpha value is -2.34. The van der Waals surface area contributed by atoms with Gasteiger partial charge in [0.2, 0.25) is 0 Å². The van der Waals surface area contributed by atoms with E-state index in [1.54, 1.807) is 19.1 Å². The first-order valence-corrected chi connectivity index (χ1v) is 8.35. The fourth-order valence-corrected chi connectivity index (χ4v) is 3.45. The van der Waals surface area contributed by atoms with Gasteiger partial charge in [-0.05, 0) is 67.8 Å². The Morgan fingerprint density at radius 2 is 1.57 bits per heavy atom. The van der Waals surface area contributed by atoms with Crippen molar-refractivity contribution in [3.05, 3.63) is 58.7 Å². The smallest absolute Gasteiger partial charge is 0.339 e. The van der Waals surface area contributed by atoms with Crippen LogP contribution < -0.4 is 4.18 Å². The molecule has 122 valence electrons. The molecule has 0 saturated heterocycles. The van der Waals surface area contributed by atoms with Crippen molar-refractivity contribution in [3.8, 4) is 5.75 Å². The summed E-state index contributed by atoms with van der Waals surface area (Å²) >= 11 is 0. The molecule has 0 N–H and O–H groups in total. The highest BCUT2D eigenvalue weighted by molar-refractivity contribution is 7.87. The van der Waals surface area contributed by atoms with E-state index >= 15 is 0 Å². The predicted octanol–water partition coefficient (Wildman–Crippen LogP) is 3.17. The summed E-state index contributed by atoms with van der Waals surface area (Å²) < 4.78 is 34.7. The maximum absolute atomic E-state index is 12.5. The zero-order chi connectivity index (χ0) is 17.2. The van der Waals surface area contributed by atoms with E-state index in [-0.39, 0.29) is 16.2 Å². The average molecular weight is 334 g/mol. The Morgan fingerprint density at radius 3 is 2.09 bits per heavy atom. The third-order valence-corrected chi connectivity index (χ3v) is 4.68. The number of rotatable bonds is 4. The molecule has 6 heteroatoms. The van der Waals surface area contributed by atoms with Gasteiger partial charge in [0.1, 0.15) is 10.6 Å². The molecular weight excluding hydrogens is 316 g/mol. The molecule has 0 bridgehead atoms. The van der Waals surface area contributed by atoms with E-state index in [4.69, 9.17) is 4.18 Å². The number of hydrogen-bond acceptors (Lipinski definition) is 5. The number of ether oxygens (including phenoxy) is 1. The van der Waals surface area contributed by atoms with Gasteiger partial charge in [-0.25, -0.2) is 4.79 Å². The largest absolute Gasteiger partial charge is 0.465 e. The molecule has 23 heavy (non-hydrogen) atoms. The third kappa shape index (κ3) is 3.90. The lowest BCUT2D eigenvalue weighted by Gasteiger charge is -2.11. The van der Waals surface area contributed by atoms with Gasteiger partial charge in [-0.3, -0.25) is 0 Å². The second kappa shape index (κ2) is 6.42. The molecule has 2 rings (SSSR count). The third-order valence-electron chi connectivity index (χ3n) is 3.27. The average Bonchev–Trinajstić information content (AvgIpc) is 2.44. The van der Waals surface area contributed by atoms with E-state index < -0.39 is 16.1 Å². The van der Waals surface area contributed by atoms with Crippen molar-refractivity contribution < 1.29 is 22.1 Å². The second-order valence-corrected chi connectivity index (χ2v) is 6.85. The highest BCUT2D eigenvalue weighted by Gasteiger charge is 2.21. The zero-order valence-electron chi connectivity index (χ0n) is 13.4. The van der Waals surface area contributed by atoms with E-state index in [0.717, 1.165) is 11.1 Å². The fourth-order valence-electron chi connectivity index (χ4n) is 2.33. The minimum absolute atomic E-state index is 0.0179. The fraction of sp³-hybridized carbons (Fsp3) is 0.235. The molecule has 5 nitrogen and oxygen atoms in total. The molecule has 0 saturated carbocycles. The molecule has 0 fully saturated rings. The second-order valence-electron chi connectivity index (χ2n) is 5.33. The quantitative estimate of drug-likeness (QED) is 0.634. The first-order chi connectivity index (χ1) is 10.7. The molecule has 0 atom stereocenters. The lowest BCUT2D eigenvalue weighted by atomic mass is 10.1. The van der Waals surface area contributed by atoms with Crippen LogP contribution in [0.4, 0.5) is 0 Å². The van der Waals surface area contributed by atoms with Crippen LogP contribution in [0.3, 0.4) is 0 Å². The van der Waals surface area contributed by atoms with Gasteiger partial charge in [-0.1, -0.05) is 6.07 Å². The molecule has 0 aliphatic heterocycles. The van der Waals surface area contributed by atoms with Crippen molar-refractivity contribution in [2.75, 3.05) is 7.11 Å². The minimum atomic E-state index is -3.98. The predicted molar refractivity (Wildman–Crippen MR) is 86.2 cm³/mol. The van der Waals surface area contributed by atoms with Crippen molar-refractivity contribution in [1.82, 2.24) is 0 Å². The van der Waals surface area contributed by atoms with Crippen molar-refractivity contribution in [3.63, 3.8) is 0 Å². The lowest BCUT2D eigenvalue weighted by Crippen LogP contribution is -2.12. The number of methoxy groups -OCH3 is 1. The minimum Gasteiger partial charge on any atom is -0.465 e. The highest BCUT2D eigenvalue weighted by atomic mass is 32.2. The Morgan fingerprint density at radius 1 is 0.957 bits per heavy atom. The topological polar surface area (TPSA) is 69.7 Å². The summed E-state index contributed by atoms with van der Waals surface area (Å²) in [6.45, 7) is 5.33. The monoisotopic (exact) mass is 334 g/mol. The summed E-state index contributed by atoms with van der Waals surface area (Å²) in [4.78, 5) is 11.5. The standard InChI is InChI=1S/C17H18O5S/c1-11-7-12(2)9-15(8-11)22-23(19,20)16-6-5-14(10-13(16)3)17(18)21-4/h5-10H,1-4H3. The molecule has 0 aliphatic carbocycles. The maximum Gasteiger partial charge on any atom is 0.339 e. The molecule has 2 aromatic rings. The Labute approximate surface area is 136 Å². The van der Waals surface area contributed by atoms with Crippen molar-refractivity contribution in [2.45, 2.75) is 25.7 Å². The number of carbonyl (C=O) groups excluding carboxylic acids is 1. The number of aryl methyl sites for hydroxylation is 3. The Kier molecular flexibility index (Phi) is 4.75. The van der Waals surface area contributed by atoms with Gasteiger partial charge >= 0.3 is 16.1 Å². The van der Waals surface area contributed by atoms with Crippen LogP contribution in [0.15, 0.2) is 41.3 Å². The van der Waals surface area contributed by atoms with E-state index in [1.165, 1.54) is 25.3 Å². The number of benzene rings is 2. The van der Waals surface area contributed by atoms with Crippen LogP contribution in [0.25, 0.3) is 0 Å². The van der Waals surface area contributed by atoms with Crippen LogP contribution in [0, 0.1) is 20.8 Å². The molecule has 0 spiro atoms. The summed E-state index contributed by atoms with van der Waals surface area (Å²) in [6, 6.07) is 9.45. The number of hydrogen-bond donors (Lipinski definition) is 0. The molecule has 2 aromatic carbocycles. The Balaban J connectivity index is 2.38. The zero-order valence-corrected chi connectivity index (χ0v) is 14.2. The molecular formula is C17H18O5S. The van der Waals surface area contributed by atoms with Gasteiger partial charge in [0, 0.05) is 0 Å². The van der Waals surface area contributed by atoms with Crippen molar-refractivity contribution in [1.29, 1.82) is 0 Å². The molecule has 0 radical (unpaired) electrons. The van der Waals surface area contributed by atoms with Gasteiger partial charge < -0.3 is 8.92 Å². The van der Waals surface area contributed by atoms with Gasteiger partial charge in [-0.15, -0.1) is 0 Å². The SMILES string of the molecule is COC(=O)c1ccc(S(=O)(=O)Oc2cc(C)cc(C)c2)c(C)c1. The molecule has 0 amide bonds. The van der Waals surface area contributed by atoms with Gasteiger partial charge in [0.25, 0.3) is 0 Å². The van der Waals surface area contributed by atoms with Crippen LogP contribution in [-0.4, -0.2) is 21.5 Å². The molecule has 0 aliphatic rings. The summed E-state index contributed by atoms with van der Waals surface area (Å²) in [5, 5.41) is 0. The van der Waals surface area contributed by atoms with Gasteiger partial charge in [0.05, 0.1) is 12.7 Å². The first-order valence-electron chi connectivity index (χ1n) is 6.94. The summed E-state index contributed by atoms with van der Waals surface area (Å²) in [5.74, 6) is -0.258. The lowest BCUT2D eigenvalue weighted by molar-refractivity contribution is 0.0600. The molecule has 0 unspecified atom stereocenters. The van der Waals surface area contributed by atoms with E-state index in [2.05, 4.69) is 4.74 Å². The van der Waals surface area contributed by atoms with E-state index in [9.17, 15) is 13.2 Å². The number of carbonyl (C=O) groups is 1. The van der Waals surface area contributed by atoms with Crippen LogP contribution in [0.5, 0.6) is 5.75 Å². The first kappa shape index (κ1) is 17.0. The van der Waals surface area contributed by atoms with Crippen LogP contribution in [0.1, 0.15) is 27.0 Å². The van der Waals surface area contributed by atoms with Gasteiger partial charge in [0.15, 0.2) is 0 Å². The maximum atomic E-state index is 12.5. The van der Waals surface area contributed by atoms with Gasteiger partial charge in [-0.2, -0.15) is 8.42 Å². The van der Waals surface area contributed by atoms with Crippen LogP contribution >= 0.6 is 0 Å². The molecule has 0 aromatic heterocycles. The summed E-state index contributed by atoms with van der Waals surface area (Å²) in [7, 11) is -2.71. The van der Waals surface area contributed by atoms with E-state index in [0.29, 0.717) is 5.56 Å². The van der Waals surface area contributed by atoms with Crippen molar-refractivity contribution >= 4 is 16.1 Å². The van der Waals surface area contributed by atoms with Crippen LogP contribution in [-0.2, 0) is 14.9 Å². The normalized spacial score (nSPS) is 11.1.